The van der Waals surface area contributed by atoms with Crippen LogP contribution in [-0.4, -0.2) is 20.7 Å². The number of hydrogen-bond acceptors (Lipinski definition) is 3. The molecule has 0 bridgehead atoms. The minimum Gasteiger partial charge on any atom is -0.331 e. The molecule has 66 valence electrons. The average molecular weight is 168 g/mol. The van der Waals surface area contributed by atoms with E-state index in [-0.39, 0.29) is 5.91 Å². The zero-order valence-corrected chi connectivity index (χ0v) is 7.46. The minimum atomic E-state index is -0.138. The molecule has 0 spiro atoms. The van der Waals surface area contributed by atoms with E-state index in [0.717, 1.165) is 5.82 Å². The molecule has 0 aliphatic carbocycles. The van der Waals surface area contributed by atoms with Crippen LogP contribution in [-0.2, 0) is 6.67 Å². The molecule has 2 heterocycles. The molecule has 1 N–H and O–H groups in total. The summed E-state index contributed by atoms with van der Waals surface area (Å²) >= 11 is 0. The number of carbonyl (C=O) groups excluding carboxylic acids is 1. The van der Waals surface area contributed by atoms with E-state index in [2.05, 4.69) is 15.5 Å². The van der Waals surface area contributed by atoms with Crippen LogP contribution in [0.1, 0.15) is 30.3 Å². The number of nitrogens with zero attached hydrogens (tertiary/aromatic N) is 3. The number of carbonyl (C=O) groups is 1. The molecule has 0 unspecified atom stereocenters. The lowest BCUT2D eigenvalue weighted by Gasteiger charge is -1.91. The number of hydrogen-bond donors (Lipinski definition) is 1. The first kappa shape index (κ1) is 8.70. The molecule has 1 aliphatic heterocycles. The molecule has 0 fully saturated rings. The topological polar surface area (TPSA) is 59.8 Å². The first-order valence-corrected chi connectivity index (χ1v) is 3.97. The molecule has 0 atom stereocenters. The highest BCUT2D eigenvalue weighted by Crippen LogP contribution is 2.04. The van der Waals surface area contributed by atoms with Crippen molar-refractivity contribution in [2.75, 3.05) is 0 Å². The lowest BCUT2D eigenvalue weighted by molar-refractivity contribution is 0.0961. The Balaban J connectivity index is 0.000000336. The molecular formula is C7H12N4O. The van der Waals surface area contributed by atoms with Crippen LogP contribution >= 0.6 is 0 Å². The van der Waals surface area contributed by atoms with Gasteiger partial charge in [0.25, 0.3) is 5.91 Å². The first-order chi connectivity index (χ1) is 5.79. The predicted octanol–water partition coefficient (Wildman–Crippen LogP) is 0.314. The molecule has 0 aromatic carbocycles. The summed E-state index contributed by atoms with van der Waals surface area (Å²) in [7, 11) is 0. The SMILES string of the molecule is CC.Cc1nnc2n1CNC2=O. The number of aromatic nitrogens is 3. The normalized spacial score (nSPS) is 13.1. The lowest BCUT2D eigenvalue weighted by atomic mass is 10.6. The molecule has 5 heteroatoms. The summed E-state index contributed by atoms with van der Waals surface area (Å²) in [5, 5.41) is 10.0. The molecule has 0 saturated heterocycles. The van der Waals surface area contributed by atoms with E-state index >= 15 is 0 Å². The molecule has 1 aromatic heterocycles. The van der Waals surface area contributed by atoms with Gasteiger partial charge in [0.2, 0.25) is 5.82 Å². The molecular weight excluding hydrogens is 156 g/mol. The van der Waals surface area contributed by atoms with Gasteiger partial charge in [-0.2, -0.15) is 0 Å². The van der Waals surface area contributed by atoms with Crippen molar-refractivity contribution < 1.29 is 4.79 Å². The van der Waals surface area contributed by atoms with Crippen molar-refractivity contribution in [1.82, 2.24) is 20.1 Å². The Hall–Kier alpha value is -1.39. The van der Waals surface area contributed by atoms with Crippen molar-refractivity contribution in [2.45, 2.75) is 27.4 Å². The molecule has 1 amide bonds. The summed E-state index contributed by atoms with van der Waals surface area (Å²) in [6, 6.07) is 0. The number of nitrogens with one attached hydrogen (secondary N) is 1. The zero-order chi connectivity index (χ0) is 9.14. The molecule has 12 heavy (non-hydrogen) atoms. The molecule has 0 saturated carbocycles. The molecule has 1 aliphatic rings. The van der Waals surface area contributed by atoms with Crippen LogP contribution in [0.25, 0.3) is 0 Å². The van der Waals surface area contributed by atoms with Gasteiger partial charge in [-0.25, -0.2) is 0 Å². The summed E-state index contributed by atoms with van der Waals surface area (Å²) in [6.07, 6.45) is 0. The van der Waals surface area contributed by atoms with Crippen LogP contribution in [0.15, 0.2) is 0 Å². The summed E-state index contributed by atoms with van der Waals surface area (Å²) in [4.78, 5) is 10.8. The number of fused-ring (bicyclic) bond motifs is 1. The van der Waals surface area contributed by atoms with Crippen molar-refractivity contribution in [1.29, 1.82) is 0 Å². The number of rotatable bonds is 0. The van der Waals surface area contributed by atoms with Gasteiger partial charge in [0.1, 0.15) is 5.82 Å². The molecule has 5 nitrogen and oxygen atoms in total. The highest BCUT2D eigenvalue weighted by Gasteiger charge is 2.22. The second-order valence-corrected chi connectivity index (χ2v) is 2.16. The Morgan fingerprint density at radius 2 is 2.08 bits per heavy atom. The van der Waals surface area contributed by atoms with Crippen molar-refractivity contribution in [3.8, 4) is 0 Å². The zero-order valence-electron chi connectivity index (χ0n) is 7.46. The second kappa shape index (κ2) is 3.34. The van der Waals surface area contributed by atoms with E-state index in [4.69, 9.17) is 0 Å². The van der Waals surface area contributed by atoms with Crippen LogP contribution in [0.4, 0.5) is 0 Å². The average Bonchev–Trinajstić information content (AvgIpc) is 2.62. The standard InChI is InChI=1S/C5H6N4O.C2H6/c1-3-7-8-4-5(10)6-2-9(3)4;1-2/h2H2,1H3,(H,6,10);1-2H3. The highest BCUT2D eigenvalue weighted by atomic mass is 16.2. The van der Waals surface area contributed by atoms with Crippen LogP contribution in [0.5, 0.6) is 0 Å². The number of aryl methyl sites for hydroxylation is 1. The van der Waals surface area contributed by atoms with E-state index in [1.54, 1.807) is 4.57 Å². The Morgan fingerprint density at radius 1 is 1.42 bits per heavy atom. The third-order valence-corrected chi connectivity index (χ3v) is 1.54. The van der Waals surface area contributed by atoms with E-state index in [0.29, 0.717) is 12.5 Å². The Kier molecular flexibility index (Phi) is 2.42. The Morgan fingerprint density at radius 3 is 2.67 bits per heavy atom. The first-order valence-electron chi connectivity index (χ1n) is 3.97. The van der Waals surface area contributed by atoms with Gasteiger partial charge in [0.05, 0.1) is 6.67 Å². The van der Waals surface area contributed by atoms with E-state index < -0.39 is 0 Å². The van der Waals surface area contributed by atoms with Crippen LogP contribution in [0.2, 0.25) is 0 Å². The van der Waals surface area contributed by atoms with E-state index in [1.165, 1.54) is 0 Å². The lowest BCUT2D eigenvalue weighted by Crippen LogP contribution is -2.14. The van der Waals surface area contributed by atoms with Gasteiger partial charge < -0.3 is 5.32 Å². The fourth-order valence-corrected chi connectivity index (χ4v) is 0.968. The summed E-state index contributed by atoms with van der Waals surface area (Å²) in [6.45, 7) is 6.32. The maximum atomic E-state index is 10.8. The van der Waals surface area contributed by atoms with Crippen LogP contribution in [0.3, 0.4) is 0 Å². The van der Waals surface area contributed by atoms with Gasteiger partial charge in [0.15, 0.2) is 0 Å². The summed E-state index contributed by atoms with van der Waals surface area (Å²) < 4.78 is 1.74. The van der Waals surface area contributed by atoms with Gasteiger partial charge in [-0.05, 0) is 6.92 Å². The van der Waals surface area contributed by atoms with Crippen molar-refractivity contribution in [3.63, 3.8) is 0 Å². The minimum absolute atomic E-state index is 0.138. The van der Waals surface area contributed by atoms with Gasteiger partial charge >= 0.3 is 0 Å². The highest BCUT2D eigenvalue weighted by molar-refractivity contribution is 5.92. The van der Waals surface area contributed by atoms with Crippen LogP contribution in [0, 0.1) is 6.92 Å². The third-order valence-electron chi connectivity index (χ3n) is 1.54. The Labute approximate surface area is 70.8 Å². The Bertz CT molecular complexity index is 292. The van der Waals surface area contributed by atoms with Crippen molar-refractivity contribution in [3.05, 3.63) is 11.6 Å². The third kappa shape index (κ3) is 1.17. The van der Waals surface area contributed by atoms with E-state index in [9.17, 15) is 4.79 Å². The molecule has 0 radical (unpaired) electrons. The fraction of sp³-hybridized carbons (Fsp3) is 0.571. The smallest absolute Gasteiger partial charge is 0.290 e. The molecule has 2 rings (SSSR count). The fourth-order valence-electron chi connectivity index (χ4n) is 0.968. The van der Waals surface area contributed by atoms with Gasteiger partial charge in [0, 0.05) is 0 Å². The summed E-state index contributed by atoms with van der Waals surface area (Å²) in [5.74, 6) is 1.05. The predicted molar refractivity (Wildman–Crippen MR) is 43.6 cm³/mol. The van der Waals surface area contributed by atoms with Crippen molar-refractivity contribution in [2.24, 2.45) is 0 Å². The monoisotopic (exact) mass is 168 g/mol. The van der Waals surface area contributed by atoms with E-state index in [1.807, 2.05) is 20.8 Å². The van der Waals surface area contributed by atoms with Gasteiger partial charge in [-0.1, -0.05) is 13.8 Å². The maximum absolute atomic E-state index is 10.8. The summed E-state index contributed by atoms with van der Waals surface area (Å²) in [5.41, 5.74) is 0. The second-order valence-electron chi connectivity index (χ2n) is 2.16. The van der Waals surface area contributed by atoms with Crippen molar-refractivity contribution >= 4 is 5.91 Å². The van der Waals surface area contributed by atoms with Crippen LogP contribution < -0.4 is 5.32 Å². The largest absolute Gasteiger partial charge is 0.331 e. The molecule has 1 aromatic rings. The maximum Gasteiger partial charge on any atom is 0.290 e. The van der Waals surface area contributed by atoms with Gasteiger partial charge in [-0.3, -0.25) is 9.36 Å². The number of amides is 1. The quantitative estimate of drug-likeness (QED) is 0.606. The van der Waals surface area contributed by atoms with Gasteiger partial charge in [-0.15, -0.1) is 10.2 Å².